The Kier molecular flexibility index (Phi) is 2.51. The van der Waals surface area contributed by atoms with Crippen molar-refractivity contribution in [3.8, 4) is 23.8 Å². The van der Waals surface area contributed by atoms with E-state index < -0.39 is 0 Å². The first-order valence-corrected chi connectivity index (χ1v) is 4.55. The summed E-state index contributed by atoms with van der Waals surface area (Å²) in [6, 6.07) is 5.78. The Morgan fingerprint density at radius 3 is 2.87 bits per heavy atom. The fraction of sp³-hybridized carbons (Fsp3) is 0.167. The SMILES string of the molecule is C#CCOc1ccc2cc(OC)cn2c1. The predicted octanol–water partition coefficient (Wildman–Crippen LogP) is 1.96. The van der Waals surface area contributed by atoms with Gasteiger partial charge in [0.15, 0.2) is 0 Å². The highest BCUT2D eigenvalue weighted by atomic mass is 16.5. The van der Waals surface area contributed by atoms with Gasteiger partial charge in [-0.1, -0.05) is 5.92 Å². The third kappa shape index (κ3) is 1.89. The summed E-state index contributed by atoms with van der Waals surface area (Å²) in [5, 5.41) is 0. The highest BCUT2D eigenvalue weighted by Gasteiger charge is 2.00. The summed E-state index contributed by atoms with van der Waals surface area (Å²) in [5.74, 6) is 4.00. The highest BCUT2D eigenvalue weighted by molar-refractivity contribution is 5.54. The van der Waals surface area contributed by atoms with Gasteiger partial charge in [0.25, 0.3) is 0 Å². The van der Waals surface area contributed by atoms with Crippen molar-refractivity contribution in [1.29, 1.82) is 0 Å². The molecule has 0 aliphatic carbocycles. The first-order chi connectivity index (χ1) is 7.33. The van der Waals surface area contributed by atoms with Crippen LogP contribution in [0.2, 0.25) is 0 Å². The van der Waals surface area contributed by atoms with E-state index in [4.69, 9.17) is 15.9 Å². The second kappa shape index (κ2) is 3.97. The van der Waals surface area contributed by atoms with Crippen LogP contribution < -0.4 is 9.47 Å². The predicted molar refractivity (Wildman–Crippen MR) is 58.3 cm³/mol. The maximum Gasteiger partial charge on any atom is 0.148 e. The largest absolute Gasteiger partial charge is 0.495 e. The van der Waals surface area contributed by atoms with Crippen molar-refractivity contribution >= 4 is 5.52 Å². The summed E-state index contributed by atoms with van der Waals surface area (Å²) in [4.78, 5) is 0. The zero-order valence-electron chi connectivity index (χ0n) is 8.43. The third-order valence-corrected chi connectivity index (χ3v) is 2.10. The standard InChI is InChI=1S/C12H11NO2/c1-3-6-15-11-5-4-10-7-12(14-2)9-13(10)8-11/h1,4-5,7-9H,6H2,2H3. The number of hydrogen-bond donors (Lipinski definition) is 0. The van der Waals surface area contributed by atoms with Crippen molar-refractivity contribution < 1.29 is 9.47 Å². The molecule has 2 aromatic heterocycles. The molecule has 2 heterocycles. The fourth-order valence-corrected chi connectivity index (χ4v) is 1.38. The number of ether oxygens (including phenoxy) is 2. The summed E-state index contributed by atoms with van der Waals surface area (Å²) >= 11 is 0. The van der Waals surface area contributed by atoms with Crippen LogP contribution in [-0.4, -0.2) is 18.1 Å². The molecule has 0 unspecified atom stereocenters. The Morgan fingerprint density at radius 2 is 2.13 bits per heavy atom. The van der Waals surface area contributed by atoms with Crippen molar-refractivity contribution in [1.82, 2.24) is 4.40 Å². The minimum atomic E-state index is 0.282. The van der Waals surface area contributed by atoms with E-state index >= 15 is 0 Å². The van der Waals surface area contributed by atoms with Gasteiger partial charge in [-0.05, 0) is 12.1 Å². The Hall–Kier alpha value is -2.08. The number of aromatic nitrogens is 1. The van der Waals surface area contributed by atoms with Crippen LogP contribution >= 0.6 is 0 Å². The van der Waals surface area contributed by atoms with Crippen molar-refractivity contribution in [3.63, 3.8) is 0 Å². The lowest BCUT2D eigenvalue weighted by Gasteiger charge is -2.02. The first-order valence-electron chi connectivity index (χ1n) is 4.55. The number of terminal acetylenes is 1. The molecule has 0 N–H and O–H groups in total. The Morgan fingerprint density at radius 1 is 1.33 bits per heavy atom. The van der Waals surface area contributed by atoms with Gasteiger partial charge >= 0.3 is 0 Å². The summed E-state index contributed by atoms with van der Waals surface area (Å²) < 4.78 is 12.4. The maximum atomic E-state index is 5.31. The summed E-state index contributed by atoms with van der Waals surface area (Å²) in [5.41, 5.74) is 1.06. The van der Waals surface area contributed by atoms with E-state index in [1.807, 2.05) is 35.0 Å². The molecule has 0 aromatic carbocycles. The van der Waals surface area contributed by atoms with Crippen LogP contribution in [0.3, 0.4) is 0 Å². The number of rotatable bonds is 3. The normalized spacial score (nSPS) is 9.87. The minimum Gasteiger partial charge on any atom is -0.495 e. The van der Waals surface area contributed by atoms with E-state index in [1.165, 1.54) is 0 Å². The van der Waals surface area contributed by atoms with Gasteiger partial charge in [-0.3, -0.25) is 0 Å². The second-order valence-electron chi connectivity index (χ2n) is 3.07. The van der Waals surface area contributed by atoms with Crippen LogP contribution in [0.25, 0.3) is 5.52 Å². The van der Waals surface area contributed by atoms with Gasteiger partial charge in [0, 0.05) is 11.6 Å². The molecule has 0 bridgehead atoms. The quantitative estimate of drug-likeness (QED) is 0.708. The molecule has 2 rings (SSSR count). The van der Waals surface area contributed by atoms with Gasteiger partial charge in [-0.15, -0.1) is 6.42 Å². The van der Waals surface area contributed by atoms with Gasteiger partial charge in [-0.2, -0.15) is 0 Å². The Bertz CT molecular complexity index is 508. The van der Waals surface area contributed by atoms with Crippen LogP contribution in [-0.2, 0) is 0 Å². The average Bonchev–Trinajstić information content (AvgIpc) is 2.68. The molecular formula is C12H11NO2. The molecule has 15 heavy (non-hydrogen) atoms. The van der Waals surface area contributed by atoms with Crippen molar-refractivity contribution in [2.45, 2.75) is 0 Å². The number of pyridine rings is 1. The van der Waals surface area contributed by atoms with Crippen LogP contribution in [0, 0.1) is 12.3 Å². The molecule has 3 nitrogen and oxygen atoms in total. The molecular weight excluding hydrogens is 190 g/mol. The van der Waals surface area contributed by atoms with Gasteiger partial charge < -0.3 is 13.9 Å². The lowest BCUT2D eigenvalue weighted by molar-refractivity contribution is 0.368. The van der Waals surface area contributed by atoms with Gasteiger partial charge in [0.1, 0.15) is 18.1 Å². The molecule has 0 aliphatic rings. The van der Waals surface area contributed by atoms with Crippen LogP contribution in [0.4, 0.5) is 0 Å². The van der Waals surface area contributed by atoms with Crippen LogP contribution in [0.5, 0.6) is 11.5 Å². The van der Waals surface area contributed by atoms with E-state index in [2.05, 4.69) is 5.92 Å². The van der Waals surface area contributed by atoms with Crippen molar-refractivity contribution in [2.75, 3.05) is 13.7 Å². The first kappa shape index (κ1) is 9.47. The smallest absolute Gasteiger partial charge is 0.148 e. The van der Waals surface area contributed by atoms with E-state index in [0.717, 1.165) is 17.0 Å². The molecule has 0 fully saturated rings. The molecule has 0 aliphatic heterocycles. The average molecular weight is 201 g/mol. The molecule has 2 aromatic rings. The topological polar surface area (TPSA) is 22.9 Å². The molecule has 0 radical (unpaired) electrons. The molecule has 0 saturated heterocycles. The molecule has 0 amide bonds. The molecule has 0 atom stereocenters. The zero-order chi connectivity index (χ0) is 10.7. The summed E-state index contributed by atoms with van der Waals surface area (Å²) in [6.07, 6.45) is 8.87. The molecule has 3 heteroatoms. The number of fused-ring (bicyclic) bond motifs is 1. The van der Waals surface area contributed by atoms with Crippen LogP contribution in [0.15, 0.2) is 30.6 Å². The van der Waals surface area contributed by atoms with Crippen molar-refractivity contribution in [3.05, 3.63) is 30.6 Å². The lowest BCUT2D eigenvalue weighted by Crippen LogP contribution is -1.94. The maximum absolute atomic E-state index is 5.31. The van der Waals surface area contributed by atoms with Crippen molar-refractivity contribution in [2.24, 2.45) is 0 Å². The Balaban J connectivity index is 2.34. The summed E-state index contributed by atoms with van der Waals surface area (Å²) in [7, 11) is 1.64. The van der Waals surface area contributed by atoms with E-state index in [-0.39, 0.29) is 6.61 Å². The number of hydrogen-bond acceptors (Lipinski definition) is 2. The molecule has 0 saturated carbocycles. The summed E-state index contributed by atoms with van der Waals surface area (Å²) in [6.45, 7) is 0.282. The Labute approximate surface area is 88.2 Å². The minimum absolute atomic E-state index is 0.282. The fourth-order valence-electron chi connectivity index (χ4n) is 1.38. The number of nitrogens with zero attached hydrogens (tertiary/aromatic N) is 1. The number of methoxy groups -OCH3 is 1. The van der Waals surface area contributed by atoms with Crippen LogP contribution in [0.1, 0.15) is 0 Å². The molecule has 76 valence electrons. The lowest BCUT2D eigenvalue weighted by atomic mass is 10.4. The monoisotopic (exact) mass is 201 g/mol. The second-order valence-corrected chi connectivity index (χ2v) is 3.07. The van der Waals surface area contributed by atoms with Gasteiger partial charge in [0.05, 0.1) is 19.5 Å². The van der Waals surface area contributed by atoms with Gasteiger partial charge in [-0.25, -0.2) is 0 Å². The highest BCUT2D eigenvalue weighted by Crippen LogP contribution is 2.20. The van der Waals surface area contributed by atoms with E-state index in [9.17, 15) is 0 Å². The van der Waals surface area contributed by atoms with E-state index in [1.54, 1.807) is 7.11 Å². The van der Waals surface area contributed by atoms with Gasteiger partial charge in [0.2, 0.25) is 0 Å². The zero-order valence-corrected chi connectivity index (χ0v) is 8.43. The third-order valence-electron chi connectivity index (χ3n) is 2.10. The van der Waals surface area contributed by atoms with E-state index in [0.29, 0.717) is 0 Å². The molecule has 0 spiro atoms.